The van der Waals surface area contributed by atoms with Crippen LogP contribution >= 0.6 is 0 Å². The van der Waals surface area contributed by atoms with Crippen LogP contribution in [0.3, 0.4) is 0 Å². The molecule has 0 aromatic heterocycles. The predicted molar refractivity (Wildman–Crippen MR) is 63.4 cm³/mol. The third-order valence-corrected chi connectivity index (χ3v) is 4.27. The monoisotopic (exact) mass is 256 g/mol. The van der Waals surface area contributed by atoms with E-state index in [-0.39, 0.29) is 11.0 Å². The van der Waals surface area contributed by atoms with Gasteiger partial charge in [-0.1, -0.05) is 6.07 Å². The first-order valence-electron chi connectivity index (χ1n) is 5.57. The summed E-state index contributed by atoms with van der Waals surface area (Å²) in [4.78, 5) is 0.215. The van der Waals surface area contributed by atoms with Gasteiger partial charge in [-0.25, -0.2) is 0 Å². The minimum absolute atomic E-state index is 0.215. The molecule has 0 amide bonds. The number of rotatable bonds is 3. The minimum atomic E-state index is -3.66. The van der Waals surface area contributed by atoms with Gasteiger partial charge in [0, 0.05) is 13.0 Å². The molecule has 1 aromatic rings. The molecule has 0 N–H and O–H groups in total. The lowest BCUT2D eigenvalue weighted by atomic mass is 10.1. The van der Waals surface area contributed by atoms with Gasteiger partial charge in [0.2, 0.25) is 0 Å². The maximum atomic E-state index is 12.0. The summed E-state index contributed by atoms with van der Waals surface area (Å²) >= 11 is 0. The molecular formula is C12H16O4S. The summed E-state index contributed by atoms with van der Waals surface area (Å²) in [6.45, 7) is 4.74. The molecule has 5 heteroatoms. The first kappa shape index (κ1) is 12.5. The van der Waals surface area contributed by atoms with Gasteiger partial charge in [0.25, 0.3) is 10.1 Å². The summed E-state index contributed by atoms with van der Waals surface area (Å²) in [5.41, 5.74) is 2.01. The summed E-state index contributed by atoms with van der Waals surface area (Å²) in [7, 11) is -3.66. The number of hydrogen-bond acceptors (Lipinski definition) is 4. The SMILES string of the molecule is Cc1ccc(S(=O)(=O)O[C@H]2CCOC2)cc1C. The Labute approximate surface area is 102 Å². The molecule has 17 heavy (non-hydrogen) atoms. The Bertz CT molecular complexity index is 501. The van der Waals surface area contributed by atoms with Crippen LogP contribution < -0.4 is 0 Å². The van der Waals surface area contributed by atoms with Gasteiger partial charge in [-0.2, -0.15) is 8.42 Å². The number of benzene rings is 1. The van der Waals surface area contributed by atoms with E-state index in [9.17, 15) is 8.42 Å². The molecule has 0 bridgehead atoms. The average Bonchev–Trinajstić information content (AvgIpc) is 2.73. The maximum Gasteiger partial charge on any atom is 0.297 e. The molecular weight excluding hydrogens is 240 g/mol. The van der Waals surface area contributed by atoms with E-state index in [0.717, 1.165) is 11.1 Å². The van der Waals surface area contributed by atoms with Gasteiger partial charge in [-0.3, -0.25) is 4.18 Å². The highest BCUT2D eigenvalue weighted by atomic mass is 32.2. The van der Waals surface area contributed by atoms with Crippen LogP contribution in [0.5, 0.6) is 0 Å². The van der Waals surface area contributed by atoms with E-state index in [4.69, 9.17) is 8.92 Å². The van der Waals surface area contributed by atoms with Crippen molar-refractivity contribution < 1.29 is 17.3 Å². The Hall–Kier alpha value is -0.910. The van der Waals surface area contributed by atoms with Gasteiger partial charge in [-0.05, 0) is 37.1 Å². The molecule has 1 aliphatic rings. The highest BCUT2D eigenvalue weighted by molar-refractivity contribution is 7.86. The van der Waals surface area contributed by atoms with Crippen LogP contribution in [0.25, 0.3) is 0 Å². The second kappa shape index (κ2) is 4.76. The van der Waals surface area contributed by atoms with E-state index in [1.165, 1.54) is 0 Å². The lowest BCUT2D eigenvalue weighted by molar-refractivity contribution is 0.145. The smallest absolute Gasteiger partial charge is 0.297 e. The molecule has 1 atom stereocenters. The van der Waals surface area contributed by atoms with E-state index >= 15 is 0 Å². The quantitative estimate of drug-likeness (QED) is 0.774. The summed E-state index contributed by atoms with van der Waals surface area (Å²) < 4.78 is 34.2. The van der Waals surface area contributed by atoms with Crippen LogP contribution in [0.1, 0.15) is 17.5 Å². The van der Waals surface area contributed by atoms with Crippen LogP contribution in [0.2, 0.25) is 0 Å². The number of hydrogen-bond donors (Lipinski definition) is 0. The van der Waals surface area contributed by atoms with Crippen molar-refractivity contribution in [1.29, 1.82) is 0 Å². The third kappa shape index (κ3) is 2.86. The Morgan fingerprint density at radius 1 is 1.29 bits per heavy atom. The molecule has 0 saturated carbocycles. The molecule has 1 fully saturated rings. The van der Waals surface area contributed by atoms with Crippen LogP contribution in [0, 0.1) is 13.8 Å². The fourth-order valence-corrected chi connectivity index (χ4v) is 2.87. The number of aryl methyl sites for hydroxylation is 2. The molecule has 4 nitrogen and oxygen atoms in total. The zero-order valence-electron chi connectivity index (χ0n) is 9.97. The van der Waals surface area contributed by atoms with Gasteiger partial charge in [0.05, 0.1) is 11.5 Å². The minimum Gasteiger partial charge on any atom is -0.379 e. The molecule has 0 spiro atoms. The van der Waals surface area contributed by atoms with E-state index in [0.29, 0.717) is 19.6 Å². The summed E-state index contributed by atoms with van der Waals surface area (Å²) in [6.07, 6.45) is 0.283. The second-order valence-electron chi connectivity index (χ2n) is 4.28. The van der Waals surface area contributed by atoms with Crippen molar-refractivity contribution in [2.24, 2.45) is 0 Å². The first-order chi connectivity index (χ1) is 7.99. The standard InChI is InChI=1S/C12H16O4S/c1-9-3-4-12(7-10(9)2)17(13,14)16-11-5-6-15-8-11/h3-4,7,11H,5-6,8H2,1-2H3/t11-/m0/s1. The van der Waals surface area contributed by atoms with Crippen molar-refractivity contribution in [3.05, 3.63) is 29.3 Å². The van der Waals surface area contributed by atoms with E-state index in [1.807, 2.05) is 13.8 Å². The van der Waals surface area contributed by atoms with Gasteiger partial charge < -0.3 is 4.74 Å². The Balaban J connectivity index is 2.21. The lowest BCUT2D eigenvalue weighted by Crippen LogP contribution is -2.18. The normalized spacial score (nSPS) is 20.7. The third-order valence-electron chi connectivity index (χ3n) is 2.92. The fourth-order valence-electron chi connectivity index (χ4n) is 1.69. The molecule has 1 aliphatic heterocycles. The largest absolute Gasteiger partial charge is 0.379 e. The van der Waals surface area contributed by atoms with Gasteiger partial charge in [0.15, 0.2) is 0 Å². The van der Waals surface area contributed by atoms with Crippen LogP contribution in [0.4, 0.5) is 0 Å². The molecule has 1 saturated heterocycles. The fraction of sp³-hybridized carbons (Fsp3) is 0.500. The van der Waals surface area contributed by atoms with Crippen LogP contribution in [-0.4, -0.2) is 27.7 Å². The van der Waals surface area contributed by atoms with Crippen LogP contribution in [-0.2, 0) is 19.0 Å². The average molecular weight is 256 g/mol. The summed E-state index contributed by atoms with van der Waals surface area (Å²) in [5.74, 6) is 0. The van der Waals surface area contributed by atoms with Crippen LogP contribution in [0.15, 0.2) is 23.1 Å². The van der Waals surface area contributed by atoms with Crippen molar-refractivity contribution in [3.8, 4) is 0 Å². The molecule has 1 heterocycles. The van der Waals surface area contributed by atoms with Crippen molar-refractivity contribution in [2.45, 2.75) is 31.3 Å². The molecule has 1 aromatic carbocycles. The Morgan fingerprint density at radius 3 is 2.65 bits per heavy atom. The molecule has 0 aliphatic carbocycles. The number of ether oxygens (including phenoxy) is 1. The van der Waals surface area contributed by atoms with Gasteiger partial charge in [-0.15, -0.1) is 0 Å². The van der Waals surface area contributed by atoms with E-state index in [1.54, 1.807) is 18.2 Å². The van der Waals surface area contributed by atoms with Crippen molar-refractivity contribution in [2.75, 3.05) is 13.2 Å². The maximum absolute atomic E-state index is 12.0. The van der Waals surface area contributed by atoms with Crippen molar-refractivity contribution in [3.63, 3.8) is 0 Å². The van der Waals surface area contributed by atoms with E-state index in [2.05, 4.69) is 0 Å². The highest BCUT2D eigenvalue weighted by Gasteiger charge is 2.25. The van der Waals surface area contributed by atoms with Gasteiger partial charge in [0.1, 0.15) is 6.10 Å². The Kier molecular flexibility index (Phi) is 3.51. The predicted octanol–water partition coefficient (Wildman–Crippen LogP) is 1.80. The molecule has 94 valence electrons. The van der Waals surface area contributed by atoms with Crippen molar-refractivity contribution >= 4 is 10.1 Å². The highest BCUT2D eigenvalue weighted by Crippen LogP contribution is 2.20. The zero-order chi connectivity index (χ0) is 12.5. The zero-order valence-corrected chi connectivity index (χ0v) is 10.8. The molecule has 2 rings (SSSR count). The lowest BCUT2D eigenvalue weighted by Gasteiger charge is -2.11. The second-order valence-corrected chi connectivity index (χ2v) is 5.85. The molecule has 0 radical (unpaired) electrons. The first-order valence-corrected chi connectivity index (χ1v) is 6.98. The summed E-state index contributed by atoms with van der Waals surface area (Å²) in [6, 6.07) is 5.00. The molecule has 0 unspecified atom stereocenters. The van der Waals surface area contributed by atoms with Crippen molar-refractivity contribution in [1.82, 2.24) is 0 Å². The summed E-state index contributed by atoms with van der Waals surface area (Å²) in [5, 5.41) is 0. The van der Waals surface area contributed by atoms with E-state index < -0.39 is 10.1 Å². The Morgan fingerprint density at radius 2 is 2.06 bits per heavy atom. The van der Waals surface area contributed by atoms with Gasteiger partial charge >= 0.3 is 0 Å². The topological polar surface area (TPSA) is 52.6 Å².